The van der Waals surface area contributed by atoms with Gasteiger partial charge in [0.1, 0.15) is 16.8 Å². The first kappa shape index (κ1) is 106. The fourth-order valence-corrected chi connectivity index (χ4v) is 50.9. The number of carbonyl (C=O) groups is 5. The van der Waals surface area contributed by atoms with Gasteiger partial charge in [0.15, 0.2) is 17.9 Å². The molecule has 808 valence electrons. The summed E-state index contributed by atoms with van der Waals surface area (Å²) in [4.78, 5) is 60.8. The number of fused-ring (bicyclic) bond motifs is 58. The monoisotopic (exact) mass is 2790 g/mol. The third-order valence-electron chi connectivity index (χ3n) is 56.8. The van der Waals surface area contributed by atoms with Crippen molar-refractivity contribution in [3.05, 3.63) is 23.3 Å². The number of aliphatic hydroxyl groups excluding tert-OH is 6. The summed E-state index contributed by atoms with van der Waals surface area (Å²) in [6.45, 7) is 24.6. The van der Waals surface area contributed by atoms with Gasteiger partial charge in [0.2, 0.25) is 0 Å². The van der Waals surface area contributed by atoms with Crippen LogP contribution in [0.2, 0.25) is 0 Å². The summed E-state index contributed by atoms with van der Waals surface area (Å²) >= 11 is 9.54. The standard InChI is InChI=1S/C24H36O4.C24H34O4.C24H38O4.2C24H30O3.I3.I2.2HI/c1-22-6-4-16(25)21(27)20(22)12-9-11(12)18-14(22)3-7-23(2)19(18)13-10-15(13)24(23)8-5-17(26)28-24;1-21-6-3-12(25)11-23(21,27)16-9-13(16)19-15(21)4-7-22(2)20(19)14-10-17(14)24(22)8-5-18(26)28-24;1-21-7-4-13(26)12-24(21,28)17-10-14(17)19-16(21)5-8-22(2)20(19)15-11-18(15)23(22,27)6-3-9-25;2*1-22-6-3-12(25)9-17(22)13-10-14(13)20-16(22)4-7-23(2)21(20)15-11-18(15)24(23)8-5-19(26)27-24;1-3-2;1-2;;/h11-21,25-27H,3-10H2,1-2H3;12-17,19-20,25,27H,3-11H2,1-2H3;13-20,25-28H,3-12H2,1-2H3;2*9,13-16,18,20-21H,3-8,10-11H2,1-2H3;;;2*1H/q;;;;;-1;;;/t11-,12+,13+,14?,15-,16-,17?,18?,19?,20?,21-,22+,23-,24-;12-,13-,14+,15?,16+,17-,19?,20?,21+,22-,23+,24-;13-,14-,15+,16?,17+,18-,19?,20?,21+,22-,23-,24+;2*13-,14+,15-,16?,18+,20?,21?,22-,23+,24+;;;;/m00011..../s1. The Morgan fingerprint density at radius 3 is 1.11 bits per heavy atom. The van der Waals surface area contributed by atoms with E-state index >= 15 is 0 Å². The number of ether oxygens (including phenoxy) is 4. The van der Waals surface area contributed by atoms with Gasteiger partial charge in [0.25, 0.3) is 0 Å². The number of halogens is 7. The summed E-state index contributed by atoms with van der Waals surface area (Å²) in [7, 11) is 0. The van der Waals surface area contributed by atoms with Gasteiger partial charge in [-0.3, -0.25) is 24.0 Å². The number of aliphatic hydroxyl groups is 9. The second-order valence-electron chi connectivity index (χ2n) is 59.9. The SMILES string of the molecule is C[C@]12CCC(=O)C=C1[C@@H]1C[C@@H]1C1C2CC[C@@]2(C)C1[C@@H]1C[C@@H]1[C@@]21CCC(=O)O1.C[C@]12CCC(=O)C=C1[C@@H]1C[C@@H]1C1C2CC[C@@]2(C)C1[C@@H]1C[C@@H]1[C@@]21CCC(=O)O1.C[C@]12CCC3C(C1[C@@H]1C[C@@H]1[C@@]2(O)CCCO)[C@H]1C[C@H]1[C@]1(O)C[C@@H](O)CC[C@]31C.C[C@]12CCC3C(C1[C@@H]1C[C@@H]1[C@@]21CCC(=O)O1)[C@H]1C[C@H]1[C@]1(O)C[C@@H](O)CC[C@]31C.C[C@]12CC[C@H](O)[C@H](O)C1[C@@H]1C[C@@H]1C1C2CC[C@@]2(C)C1[C@@H]1C[C@@H]1[C@@]21CCC(O)O1.I.I.II.I[I-]I. The first-order valence-electron chi connectivity index (χ1n) is 59.0. The Kier molecular flexibility index (Phi) is 25.2. The predicted octanol–water partition coefficient (Wildman–Crippen LogP) is 19.3. The van der Waals surface area contributed by atoms with Crippen LogP contribution < -0.4 is 13.3 Å². The fourth-order valence-electron chi connectivity index (χ4n) is 50.9. The Bertz CT molecular complexity index is 5260. The molecule has 25 heteroatoms. The van der Waals surface area contributed by atoms with Gasteiger partial charge in [-0.25, -0.2) is 0 Å². The van der Waals surface area contributed by atoms with Crippen molar-refractivity contribution < 1.29 is 102 Å². The summed E-state index contributed by atoms with van der Waals surface area (Å²) in [6, 6.07) is 0. The molecule has 0 amide bonds. The molecule has 0 aromatic rings. The minimum atomic E-state index is -0.682. The van der Waals surface area contributed by atoms with Crippen LogP contribution in [0.15, 0.2) is 23.3 Å². The van der Waals surface area contributed by atoms with Gasteiger partial charge in [-0.15, -0.1) is 48.0 Å². The van der Waals surface area contributed by atoms with Gasteiger partial charge in [-0.1, -0.05) is 80.4 Å². The first-order chi connectivity index (χ1) is 68.0. The van der Waals surface area contributed by atoms with E-state index in [9.17, 15) is 69.9 Å². The van der Waals surface area contributed by atoms with Crippen molar-refractivity contribution in [1.29, 1.82) is 0 Å². The van der Waals surface area contributed by atoms with Crippen LogP contribution >= 0.6 is 122 Å². The maximum absolute atomic E-state index is 12.2. The van der Waals surface area contributed by atoms with Crippen LogP contribution in [0.5, 0.6) is 0 Å². The zero-order valence-electron chi connectivity index (χ0n) is 87.6. The Morgan fingerprint density at radius 2 is 0.703 bits per heavy atom. The van der Waals surface area contributed by atoms with Crippen molar-refractivity contribution in [3.63, 3.8) is 0 Å². The number of hydrogen-bond acceptors (Lipinski definition) is 18. The van der Waals surface area contributed by atoms with Crippen LogP contribution in [0.25, 0.3) is 0 Å². The van der Waals surface area contributed by atoms with E-state index in [2.05, 4.69) is 156 Å². The molecule has 34 aliphatic rings. The van der Waals surface area contributed by atoms with Gasteiger partial charge < -0.3 is 64.9 Å². The third kappa shape index (κ3) is 13.6. The molecule has 0 bridgehead atoms. The molecular weight excluding hydrogens is 2620 g/mol. The van der Waals surface area contributed by atoms with Crippen molar-refractivity contribution in [1.82, 2.24) is 0 Å². The molecular formula is C120H170I7O18-. The van der Waals surface area contributed by atoms with E-state index in [1.54, 1.807) is 0 Å². The summed E-state index contributed by atoms with van der Waals surface area (Å²) in [5.74, 6) is 24.9. The van der Waals surface area contributed by atoms with E-state index in [4.69, 9.17) is 18.9 Å². The van der Waals surface area contributed by atoms with Crippen molar-refractivity contribution >= 4 is 152 Å². The first-order valence-corrected chi connectivity index (χ1v) is 77.9. The number of carbonyl (C=O) groups excluding carboxylic acids is 5. The van der Waals surface area contributed by atoms with Crippen LogP contribution in [0.3, 0.4) is 0 Å². The van der Waals surface area contributed by atoms with Gasteiger partial charge >= 0.3 is 68.4 Å². The second-order valence-corrected chi connectivity index (χ2v) is 76.2. The molecule has 4 heterocycles. The zero-order valence-corrected chi connectivity index (χ0v) is 103. The molecule has 17 unspecified atom stereocenters. The molecule has 4 aliphatic heterocycles. The van der Waals surface area contributed by atoms with Crippen LogP contribution in [0.1, 0.15) is 339 Å². The molecule has 0 aromatic carbocycles. The molecule has 58 atom stereocenters. The normalized spacial score (nSPS) is 63.0. The molecule has 9 N–H and O–H groups in total. The van der Waals surface area contributed by atoms with Crippen molar-refractivity contribution in [2.75, 3.05) is 6.61 Å². The maximum atomic E-state index is 12.2. The molecule has 4 spiro atoms. The Labute approximate surface area is 949 Å². The zero-order chi connectivity index (χ0) is 99.6. The molecule has 34 rings (SSSR count). The number of esters is 3. The van der Waals surface area contributed by atoms with Crippen molar-refractivity contribution in [2.24, 2.45) is 267 Å². The van der Waals surface area contributed by atoms with E-state index in [1.807, 2.05) is 0 Å². The molecule has 32 fully saturated rings. The fraction of sp³-hybridized carbons (Fsp3) is 0.925. The van der Waals surface area contributed by atoms with Gasteiger partial charge in [-0.05, 0) is 458 Å². The Balaban J connectivity index is 0.0000000909. The number of rotatable bonds is 3. The second kappa shape index (κ2) is 34.5. The van der Waals surface area contributed by atoms with E-state index < -0.39 is 35.3 Å². The molecule has 18 nitrogen and oxygen atoms in total. The number of allylic oxidation sites excluding steroid dienone is 2. The number of hydrogen-bond donors (Lipinski definition) is 9. The van der Waals surface area contributed by atoms with Crippen LogP contribution in [-0.4, -0.2) is 152 Å². The quantitative estimate of drug-likeness (QED) is 0.0720. The summed E-state index contributed by atoms with van der Waals surface area (Å²) < 4.78 is 25.1. The Morgan fingerprint density at radius 1 is 0.345 bits per heavy atom. The molecule has 28 saturated carbocycles. The van der Waals surface area contributed by atoms with Crippen LogP contribution in [-0.2, 0) is 42.9 Å². The van der Waals surface area contributed by atoms with Crippen LogP contribution in [0, 0.1) is 267 Å². The Hall–Kier alpha value is 1.94. The molecule has 30 aliphatic carbocycles. The summed E-state index contributed by atoms with van der Waals surface area (Å²) in [5.41, 5.74) is 1.93. The van der Waals surface area contributed by atoms with E-state index in [1.165, 1.54) is 101 Å². The third-order valence-corrected chi connectivity index (χ3v) is 56.8. The van der Waals surface area contributed by atoms with E-state index in [0.717, 1.165) is 230 Å². The van der Waals surface area contributed by atoms with E-state index in [0.29, 0.717) is 188 Å². The predicted molar refractivity (Wildman–Crippen MR) is 596 cm³/mol. The molecule has 0 radical (unpaired) electrons. The van der Waals surface area contributed by atoms with Crippen LogP contribution in [0.4, 0.5) is 0 Å². The van der Waals surface area contributed by atoms with E-state index in [-0.39, 0.29) is 161 Å². The number of ketones is 2. The molecule has 4 saturated heterocycles. The summed E-state index contributed by atoms with van der Waals surface area (Å²) in [5, 5.41) is 97.2. The average molecular weight is 2790 g/mol. The minimum absolute atomic E-state index is 0. The topological polar surface area (TPSA) is 304 Å². The van der Waals surface area contributed by atoms with Crippen molar-refractivity contribution in [3.8, 4) is 0 Å². The van der Waals surface area contributed by atoms with Gasteiger partial charge in [0, 0.05) is 135 Å². The molecule has 0 aromatic heterocycles. The van der Waals surface area contributed by atoms with Crippen molar-refractivity contribution in [2.45, 2.75) is 409 Å². The van der Waals surface area contributed by atoms with Gasteiger partial charge in [-0.2, -0.15) is 0 Å². The molecule has 145 heavy (non-hydrogen) atoms. The summed E-state index contributed by atoms with van der Waals surface area (Å²) in [6.07, 6.45) is 44.6. The average Bonchev–Trinajstić information content (AvgIpc) is 1.48. The van der Waals surface area contributed by atoms with Gasteiger partial charge in [0.05, 0.1) is 46.8 Å².